The molecule has 0 saturated heterocycles. The number of benzene rings is 11. The van der Waals surface area contributed by atoms with Gasteiger partial charge in [-0.2, -0.15) is 0 Å². The minimum Gasteiger partial charge on any atom is -0.336 e. The quantitative estimate of drug-likeness (QED) is 0.148. The van der Waals surface area contributed by atoms with Crippen LogP contribution in [0.3, 0.4) is 0 Å². The second kappa shape index (κ2) is 14.4. The number of hydrogen-bond acceptors (Lipinski definition) is 0. The monoisotopic (exact) mass is 839 g/mol. The zero-order valence-corrected chi connectivity index (χ0v) is 36.1. The molecule has 66 heavy (non-hydrogen) atoms. The molecule has 3 nitrogen and oxygen atoms in total. The van der Waals surface area contributed by atoms with Crippen molar-refractivity contribution in [3.8, 4) is 33.6 Å². The minimum absolute atomic E-state index is 0.745. The largest absolute Gasteiger partial charge is 0.336 e. The number of rotatable bonds is 6. The number of hydrogen-bond donors (Lipinski definition) is 0. The topological polar surface area (TPSA) is 14.8 Å². The van der Waals surface area contributed by atoms with Crippen molar-refractivity contribution in [2.24, 2.45) is 0 Å². The average molecular weight is 840 g/mol. The molecule has 14 rings (SSSR count). The molecular formula is C63H41N3. The molecule has 3 heterocycles. The summed E-state index contributed by atoms with van der Waals surface area (Å²) in [7, 11) is 0. The van der Waals surface area contributed by atoms with Crippen LogP contribution in [0, 0.1) is 0 Å². The first-order chi connectivity index (χ1) is 32.7. The summed E-state index contributed by atoms with van der Waals surface area (Å²) in [5.41, 5.74) is 15.8. The van der Waals surface area contributed by atoms with Gasteiger partial charge in [-0.15, -0.1) is 0 Å². The van der Waals surface area contributed by atoms with Crippen molar-refractivity contribution in [1.82, 2.24) is 13.7 Å². The van der Waals surface area contributed by atoms with E-state index in [4.69, 9.17) is 0 Å². The third kappa shape index (κ3) is 5.57. The van der Waals surface area contributed by atoms with E-state index >= 15 is 0 Å². The van der Waals surface area contributed by atoms with Gasteiger partial charge in [-0.25, -0.2) is 0 Å². The van der Waals surface area contributed by atoms with Crippen LogP contribution in [0.2, 0.25) is 0 Å². The molecule has 0 unspecified atom stereocenters. The Bertz CT molecular complexity index is 4190. The van der Waals surface area contributed by atoms with E-state index in [1.165, 1.54) is 120 Å². The van der Waals surface area contributed by atoms with Gasteiger partial charge in [0.2, 0.25) is 0 Å². The minimum atomic E-state index is 0.745. The maximum Gasteiger partial charge on any atom is 0.0547 e. The summed E-state index contributed by atoms with van der Waals surface area (Å²) in [5.74, 6) is 0. The van der Waals surface area contributed by atoms with E-state index in [0.717, 1.165) is 12.2 Å². The van der Waals surface area contributed by atoms with Crippen LogP contribution >= 0.6 is 0 Å². The lowest BCUT2D eigenvalue weighted by atomic mass is 9.96. The van der Waals surface area contributed by atoms with Gasteiger partial charge in [-0.1, -0.05) is 152 Å². The molecule has 0 aliphatic rings. The van der Waals surface area contributed by atoms with E-state index in [-0.39, 0.29) is 0 Å². The smallest absolute Gasteiger partial charge is 0.0547 e. The van der Waals surface area contributed by atoms with E-state index in [2.05, 4.69) is 250 Å². The molecular weight excluding hydrogens is 799 g/mol. The van der Waals surface area contributed by atoms with Crippen molar-refractivity contribution in [1.29, 1.82) is 0 Å². The van der Waals surface area contributed by atoms with Gasteiger partial charge < -0.3 is 13.7 Å². The predicted molar refractivity (Wildman–Crippen MR) is 280 cm³/mol. The Hall–Kier alpha value is -8.66. The standard InChI is InChI=1S/C63H41N3/c1-3-17-47(18-4-1)65-61-26-14-12-24-52(61)54-36-42(30-34-62(54)65)41-28-32-58-55(37-41)56-38-43(44-27-31-53-51-23-11-13-25-60(51)66(63(53)39-44)48-19-5-2-6-20-48)29-33-59(56)64(58)40-57-49-21-9-7-15-45(49)35-46-16-8-10-22-50(46)57/h1-39H,40H2. The molecule has 0 atom stereocenters. The highest BCUT2D eigenvalue weighted by molar-refractivity contribution is 6.14. The summed E-state index contributed by atoms with van der Waals surface area (Å²) in [6.07, 6.45) is 0. The molecule has 308 valence electrons. The molecule has 0 aliphatic carbocycles. The first-order valence-corrected chi connectivity index (χ1v) is 22.9. The van der Waals surface area contributed by atoms with Crippen molar-refractivity contribution in [3.05, 3.63) is 242 Å². The molecule has 3 heteroatoms. The Morgan fingerprint density at radius 3 is 1.18 bits per heavy atom. The second-order valence-electron chi connectivity index (χ2n) is 17.7. The molecule has 0 N–H and O–H groups in total. The van der Waals surface area contributed by atoms with E-state index in [9.17, 15) is 0 Å². The first-order valence-electron chi connectivity index (χ1n) is 22.9. The fourth-order valence-electron chi connectivity index (χ4n) is 11.1. The summed E-state index contributed by atoms with van der Waals surface area (Å²) in [4.78, 5) is 0. The highest BCUT2D eigenvalue weighted by Crippen LogP contribution is 2.41. The number of nitrogens with zero attached hydrogens (tertiary/aromatic N) is 3. The van der Waals surface area contributed by atoms with Crippen LogP contribution in [0.25, 0.3) is 121 Å². The Kier molecular flexibility index (Phi) is 8.04. The van der Waals surface area contributed by atoms with Gasteiger partial charge >= 0.3 is 0 Å². The lowest BCUT2D eigenvalue weighted by molar-refractivity contribution is 0.882. The Balaban J connectivity index is 0.989. The van der Waals surface area contributed by atoms with Crippen LogP contribution in [-0.2, 0) is 6.54 Å². The fraction of sp³-hybridized carbons (Fsp3) is 0.0159. The predicted octanol–water partition coefficient (Wildman–Crippen LogP) is 16.7. The lowest BCUT2D eigenvalue weighted by Crippen LogP contribution is -2.01. The fourth-order valence-corrected chi connectivity index (χ4v) is 11.1. The SMILES string of the molecule is c1ccc(-n2c3ccccc3c3cc(-c4ccc5c(c4)c4cc(-c6ccc7c8ccccc8n(-c8ccccc8)c7c6)ccc4n5Cc4c5ccccc5cc5ccccc45)ccc32)cc1. The van der Waals surface area contributed by atoms with Crippen LogP contribution in [0.15, 0.2) is 237 Å². The molecule has 11 aromatic carbocycles. The van der Waals surface area contributed by atoms with Crippen molar-refractivity contribution < 1.29 is 0 Å². The summed E-state index contributed by atoms with van der Waals surface area (Å²) < 4.78 is 7.35. The van der Waals surface area contributed by atoms with Gasteiger partial charge in [-0.05, 0) is 134 Å². The van der Waals surface area contributed by atoms with E-state index in [1.807, 2.05) is 0 Å². The molecule has 3 aromatic heterocycles. The van der Waals surface area contributed by atoms with E-state index in [0.29, 0.717) is 0 Å². The lowest BCUT2D eigenvalue weighted by Gasteiger charge is -2.15. The maximum atomic E-state index is 2.56. The molecule has 0 amide bonds. The molecule has 0 radical (unpaired) electrons. The van der Waals surface area contributed by atoms with Gasteiger partial charge in [0.15, 0.2) is 0 Å². The maximum absolute atomic E-state index is 2.56. The summed E-state index contributed by atoms with van der Waals surface area (Å²) >= 11 is 0. The first kappa shape index (κ1) is 36.8. The van der Waals surface area contributed by atoms with Crippen molar-refractivity contribution in [2.45, 2.75) is 6.54 Å². The Labute approximate surface area is 381 Å². The highest BCUT2D eigenvalue weighted by atomic mass is 15.0. The van der Waals surface area contributed by atoms with Crippen molar-refractivity contribution in [2.75, 3.05) is 0 Å². The second-order valence-corrected chi connectivity index (χ2v) is 17.7. The average Bonchev–Trinajstić information content (AvgIpc) is 4.01. The molecule has 0 bridgehead atoms. The van der Waals surface area contributed by atoms with Gasteiger partial charge in [0.25, 0.3) is 0 Å². The van der Waals surface area contributed by atoms with Crippen molar-refractivity contribution >= 4 is 87.0 Å². The third-order valence-electron chi connectivity index (χ3n) is 14.1. The number of para-hydroxylation sites is 4. The van der Waals surface area contributed by atoms with Gasteiger partial charge in [0, 0.05) is 61.3 Å². The van der Waals surface area contributed by atoms with Gasteiger partial charge in [0.05, 0.1) is 22.1 Å². The van der Waals surface area contributed by atoms with Crippen LogP contribution in [0.5, 0.6) is 0 Å². The molecule has 0 fully saturated rings. The molecule has 0 spiro atoms. The van der Waals surface area contributed by atoms with E-state index in [1.54, 1.807) is 0 Å². The van der Waals surface area contributed by atoms with Crippen LogP contribution in [0.4, 0.5) is 0 Å². The summed E-state index contributed by atoms with van der Waals surface area (Å²) in [5, 5.41) is 12.7. The van der Waals surface area contributed by atoms with Crippen LogP contribution in [0.1, 0.15) is 5.56 Å². The zero-order chi connectivity index (χ0) is 43.3. The summed E-state index contributed by atoms with van der Waals surface area (Å²) in [6, 6.07) is 87.3. The number of aromatic nitrogens is 3. The highest BCUT2D eigenvalue weighted by Gasteiger charge is 2.19. The van der Waals surface area contributed by atoms with E-state index < -0.39 is 0 Å². The van der Waals surface area contributed by atoms with Crippen LogP contribution in [-0.4, -0.2) is 13.7 Å². The Morgan fingerprint density at radius 1 is 0.242 bits per heavy atom. The number of fused-ring (bicyclic) bond motifs is 11. The van der Waals surface area contributed by atoms with Gasteiger partial charge in [-0.3, -0.25) is 0 Å². The molecule has 0 saturated carbocycles. The normalized spacial score (nSPS) is 12.0. The van der Waals surface area contributed by atoms with Gasteiger partial charge in [0.1, 0.15) is 0 Å². The summed E-state index contributed by atoms with van der Waals surface area (Å²) in [6.45, 7) is 0.745. The van der Waals surface area contributed by atoms with Crippen molar-refractivity contribution in [3.63, 3.8) is 0 Å². The Morgan fingerprint density at radius 2 is 0.621 bits per heavy atom. The third-order valence-corrected chi connectivity index (χ3v) is 14.1. The van der Waals surface area contributed by atoms with Crippen LogP contribution < -0.4 is 0 Å². The molecule has 0 aliphatic heterocycles. The molecule has 14 aromatic rings. The zero-order valence-electron chi connectivity index (χ0n) is 36.1.